The van der Waals surface area contributed by atoms with E-state index in [9.17, 15) is 5.26 Å². The first-order chi connectivity index (χ1) is 9.04. The van der Waals surface area contributed by atoms with Gasteiger partial charge in [-0.25, -0.2) is 0 Å². The van der Waals surface area contributed by atoms with Crippen molar-refractivity contribution in [3.63, 3.8) is 0 Å². The van der Waals surface area contributed by atoms with Gasteiger partial charge in [-0.3, -0.25) is 0 Å². The van der Waals surface area contributed by atoms with Crippen LogP contribution in [0.2, 0.25) is 5.02 Å². The van der Waals surface area contributed by atoms with E-state index in [1.165, 1.54) is 0 Å². The molecule has 0 saturated carbocycles. The monoisotopic (exact) mass is 275 g/mol. The third-order valence-corrected chi connectivity index (χ3v) is 3.41. The lowest BCUT2D eigenvalue weighted by molar-refractivity contribution is 0.392. The van der Waals surface area contributed by atoms with E-state index < -0.39 is 0 Å². The van der Waals surface area contributed by atoms with Crippen LogP contribution in [0.4, 0.5) is 5.69 Å². The Morgan fingerprint density at radius 2 is 2.16 bits per heavy atom. The molecule has 0 unspecified atom stereocenters. The first-order valence-corrected chi connectivity index (χ1v) is 6.24. The lowest BCUT2D eigenvalue weighted by Gasteiger charge is -2.20. The van der Waals surface area contributed by atoms with Gasteiger partial charge in [0.1, 0.15) is 11.8 Å². The van der Waals surface area contributed by atoms with Crippen LogP contribution < -0.4 is 4.90 Å². The molecule has 0 fully saturated rings. The summed E-state index contributed by atoms with van der Waals surface area (Å²) in [7, 11) is 1.92. The smallest absolute Gasteiger partial charge is 0.138 e. The second-order valence-corrected chi connectivity index (χ2v) is 4.81. The molecule has 0 aliphatic rings. The van der Waals surface area contributed by atoms with E-state index in [0.717, 1.165) is 22.7 Å². The Morgan fingerprint density at radius 1 is 1.42 bits per heavy atom. The topological polar surface area (TPSA) is 53.1 Å². The molecule has 19 heavy (non-hydrogen) atoms. The van der Waals surface area contributed by atoms with Gasteiger partial charge < -0.3 is 9.42 Å². The molecule has 0 radical (unpaired) electrons. The maximum absolute atomic E-state index is 9.19. The normalized spacial score (nSPS) is 10.3. The van der Waals surface area contributed by atoms with Crippen molar-refractivity contribution in [3.8, 4) is 6.07 Å². The van der Waals surface area contributed by atoms with Gasteiger partial charge in [0, 0.05) is 19.2 Å². The number of aryl methyl sites for hydroxylation is 2. The molecule has 98 valence electrons. The Balaban J connectivity index is 2.34. The summed E-state index contributed by atoms with van der Waals surface area (Å²) in [5.41, 5.74) is 3.18. The molecule has 0 atom stereocenters. The van der Waals surface area contributed by atoms with E-state index in [2.05, 4.69) is 11.2 Å². The molecule has 0 aliphatic heterocycles. The summed E-state index contributed by atoms with van der Waals surface area (Å²) in [5.74, 6) is 0.796. The highest BCUT2D eigenvalue weighted by atomic mass is 35.5. The van der Waals surface area contributed by atoms with Crippen molar-refractivity contribution in [1.82, 2.24) is 5.16 Å². The lowest BCUT2D eigenvalue weighted by atomic mass is 10.1. The van der Waals surface area contributed by atoms with Crippen LogP contribution in [0.1, 0.15) is 22.6 Å². The fourth-order valence-corrected chi connectivity index (χ4v) is 2.20. The molecule has 4 nitrogen and oxygen atoms in total. The van der Waals surface area contributed by atoms with Crippen molar-refractivity contribution in [2.24, 2.45) is 0 Å². The van der Waals surface area contributed by atoms with Gasteiger partial charge in [0.25, 0.3) is 0 Å². The number of hydrogen-bond donors (Lipinski definition) is 0. The highest BCUT2D eigenvalue weighted by molar-refractivity contribution is 6.32. The number of halogens is 1. The van der Waals surface area contributed by atoms with E-state index in [4.69, 9.17) is 16.1 Å². The Morgan fingerprint density at radius 3 is 2.74 bits per heavy atom. The van der Waals surface area contributed by atoms with Gasteiger partial charge in [0.15, 0.2) is 0 Å². The molecule has 0 saturated heterocycles. The number of aromatic nitrogens is 1. The van der Waals surface area contributed by atoms with Gasteiger partial charge in [0.05, 0.1) is 22.0 Å². The standard InChI is InChI=1S/C14H14ClN3O/c1-9-12(10(2)19-17-9)8-18(3)14-6-4-5-13(15)11(14)7-16/h4-6H,8H2,1-3H3. The zero-order valence-corrected chi connectivity index (χ0v) is 11.8. The van der Waals surface area contributed by atoms with Crippen LogP contribution in [0.25, 0.3) is 0 Å². The molecular formula is C14H14ClN3O. The minimum absolute atomic E-state index is 0.464. The second kappa shape index (κ2) is 5.33. The average molecular weight is 276 g/mol. The molecular weight excluding hydrogens is 262 g/mol. The molecule has 1 heterocycles. The molecule has 0 spiro atoms. The maximum Gasteiger partial charge on any atom is 0.138 e. The summed E-state index contributed by atoms with van der Waals surface area (Å²) in [5, 5.41) is 13.6. The number of anilines is 1. The third-order valence-electron chi connectivity index (χ3n) is 3.09. The van der Waals surface area contributed by atoms with Gasteiger partial charge in [-0.1, -0.05) is 22.8 Å². The molecule has 2 aromatic rings. The fraction of sp³-hybridized carbons (Fsp3) is 0.286. The van der Waals surface area contributed by atoms with Crippen molar-refractivity contribution in [3.05, 3.63) is 45.8 Å². The summed E-state index contributed by atoms with van der Waals surface area (Å²) in [6, 6.07) is 7.57. The largest absolute Gasteiger partial charge is 0.369 e. The van der Waals surface area contributed by atoms with Crippen molar-refractivity contribution in [2.75, 3.05) is 11.9 Å². The van der Waals surface area contributed by atoms with Gasteiger partial charge in [0.2, 0.25) is 0 Å². The number of nitriles is 1. The van der Waals surface area contributed by atoms with Crippen LogP contribution in [0.15, 0.2) is 22.7 Å². The number of benzene rings is 1. The predicted octanol–water partition coefficient (Wildman–Crippen LogP) is 3.45. The zero-order valence-electron chi connectivity index (χ0n) is 11.1. The molecule has 1 aromatic heterocycles. The van der Waals surface area contributed by atoms with E-state index in [-0.39, 0.29) is 0 Å². The first kappa shape index (κ1) is 13.4. The van der Waals surface area contributed by atoms with Crippen molar-refractivity contribution < 1.29 is 4.52 Å². The molecule has 0 N–H and O–H groups in total. The zero-order chi connectivity index (χ0) is 14.0. The average Bonchev–Trinajstić information content (AvgIpc) is 2.70. The minimum atomic E-state index is 0.464. The van der Waals surface area contributed by atoms with Gasteiger partial charge in [-0.05, 0) is 26.0 Å². The van der Waals surface area contributed by atoms with Crippen LogP contribution in [-0.4, -0.2) is 12.2 Å². The van der Waals surface area contributed by atoms with E-state index in [0.29, 0.717) is 17.1 Å². The number of hydrogen-bond acceptors (Lipinski definition) is 4. The van der Waals surface area contributed by atoms with Crippen LogP contribution in [-0.2, 0) is 6.54 Å². The molecule has 0 aliphatic carbocycles. The summed E-state index contributed by atoms with van der Waals surface area (Å²) >= 11 is 6.04. The summed E-state index contributed by atoms with van der Waals surface area (Å²) < 4.78 is 5.14. The van der Waals surface area contributed by atoms with E-state index in [1.54, 1.807) is 6.07 Å². The molecule has 5 heteroatoms. The maximum atomic E-state index is 9.19. The summed E-state index contributed by atoms with van der Waals surface area (Å²) in [6.45, 7) is 4.41. The Labute approximate surface area is 117 Å². The third kappa shape index (κ3) is 2.56. The van der Waals surface area contributed by atoms with Gasteiger partial charge >= 0.3 is 0 Å². The Kier molecular flexibility index (Phi) is 3.77. The Hall–Kier alpha value is -1.99. The van der Waals surface area contributed by atoms with Crippen LogP contribution in [0, 0.1) is 25.2 Å². The molecule has 2 rings (SSSR count). The summed E-state index contributed by atoms with van der Waals surface area (Å²) in [6.07, 6.45) is 0. The molecule has 1 aromatic carbocycles. The van der Waals surface area contributed by atoms with Gasteiger partial charge in [-0.15, -0.1) is 0 Å². The minimum Gasteiger partial charge on any atom is -0.369 e. The highest BCUT2D eigenvalue weighted by Gasteiger charge is 2.15. The number of nitrogens with zero attached hydrogens (tertiary/aromatic N) is 3. The second-order valence-electron chi connectivity index (χ2n) is 4.40. The van der Waals surface area contributed by atoms with E-state index >= 15 is 0 Å². The fourth-order valence-electron chi connectivity index (χ4n) is 1.99. The SMILES string of the molecule is Cc1noc(C)c1CN(C)c1cccc(Cl)c1C#N. The molecule has 0 bridgehead atoms. The van der Waals surface area contributed by atoms with Crippen LogP contribution >= 0.6 is 11.6 Å². The quantitative estimate of drug-likeness (QED) is 0.861. The Bertz CT molecular complexity index is 623. The predicted molar refractivity (Wildman–Crippen MR) is 74.3 cm³/mol. The van der Waals surface area contributed by atoms with Gasteiger partial charge in [-0.2, -0.15) is 5.26 Å². The van der Waals surface area contributed by atoms with Crippen LogP contribution in [0.5, 0.6) is 0 Å². The van der Waals surface area contributed by atoms with Crippen molar-refractivity contribution >= 4 is 17.3 Å². The summed E-state index contributed by atoms with van der Waals surface area (Å²) in [4.78, 5) is 1.97. The van der Waals surface area contributed by atoms with Crippen molar-refractivity contribution in [1.29, 1.82) is 5.26 Å². The highest BCUT2D eigenvalue weighted by Crippen LogP contribution is 2.27. The first-order valence-electron chi connectivity index (χ1n) is 5.86. The van der Waals surface area contributed by atoms with Crippen LogP contribution in [0.3, 0.4) is 0 Å². The van der Waals surface area contributed by atoms with Crippen molar-refractivity contribution in [2.45, 2.75) is 20.4 Å². The van der Waals surface area contributed by atoms with E-state index in [1.807, 2.05) is 37.9 Å². The lowest BCUT2D eigenvalue weighted by Crippen LogP contribution is -2.18. The molecule has 0 amide bonds. The number of rotatable bonds is 3.